The van der Waals surface area contributed by atoms with Gasteiger partial charge in [-0.25, -0.2) is 0 Å². The van der Waals surface area contributed by atoms with E-state index in [4.69, 9.17) is 0 Å². The quantitative estimate of drug-likeness (QED) is 0.521. The summed E-state index contributed by atoms with van der Waals surface area (Å²) >= 11 is 0. The van der Waals surface area contributed by atoms with Gasteiger partial charge < -0.3 is 10.6 Å². The van der Waals surface area contributed by atoms with Crippen molar-refractivity contribution in [3.63, 3.8) is 0 Å². The van der Waals surface area contributed by atoms with Crippen LogP contribution in [0.3, 0.4) is 0 Å². The molecular weight excluding hydrogens is 416 g/mol. The Balaban J connectivity index is 1.13. The molecule has 4 nitrogen and oxygen atoms in total. The van der Waals surface area contributed by atoms with Crippen LogP contribution in [-0.4, -0.2) is 37.9 Å². The minimum atomic E-state index is 0.930. The number of hydrogen-bond donors (Lipinski definition) is 2. The van der Waals surface area contributed by atoms with Gasteiger partial charge in [0.2, 0.25) is 0 Å². The van der Waals surface area contributed by atoms with Crippen LogP contribution >= 0.6 is 0 Å². The number of amidine groups is 2. The van der Waals surface area contributed by atoms with Crippen LogP contribution in [0.2, 0.25) is 0 Å². The number of aryl methyl sites for hydroxylation is 4. The molecule has 4 heteroatoms. The summed E-state index contributed by atoms with van der Waals surface area (Å²) in [4.78, 5) is 9.19. The van der Waals surface area contributed by atoms with Gasteiger partial charge in [0.05, 0.1) is 0 Å². The molecule has 0 radical (unpaired) electrons. The van der Waals surface area contributed by atoms with Crippen molar-refractivity contribution in [3.05, 3.63) is 106 Å². The van der Waals surface area contributed by atoms with Crippen molar-refractivity contribution in [3.8, 4) is 0 Å². The van der Waals surface area contributed by atoms with Crippen LogP contribution in [-0.2, 0) is 25.7 Å². The number of aliphatic imine (C=N–C) groups is 2. The maximum atomic E-state index is 4.60. The molecule has 2 aliphatic heterocycles. The summed E-state index contributed by atoms with van der Waals surface area (Å²) in [6.45, 7) is 3.91. The lowest BCUT2D eigenvalue weighted by Gasteiger charge is -2.15. The van der Waals surface area contributed by atoms with E-state index in [0.717, 1.165) is 76.4 Å². The minimum Gasteiger partial charge on any atom is -0.370 e. The zero-order valence-electron chi connectivity index (χ0n) is 19.9. The molecule has 5 rings (SSSR count). The summed E-state index contributed by atoms with van der Waals surface area (Å²) in [5.74, 6) is 2.08. The van der Waals surface area contributed by atoms with E-state index in [9.17, 15) is 0 Å². The fourth-order valence-electron chi connectivity index (χ4n) is 4.63. The van der Waals surface area contributed by atoms with Gasteiger partial charge >= 0.3 is 0 Å². The normalized spacial score (nSPS) is 15.6. The molecule has 2 heterocycles. The molecule has 2 N–H and O–H groups in total. The number of hydrogen-bond acceptors (Lipinski definition) is 4. The summed E-state index contributed by atoms with van der Waals surface area (Å²) < 4.78 is 0. The maximum Gasteiger partial charge on any atom is 0.128 e. The van der Waals surface area contributed by atoms with Crippen LogP contribution < -0.4 is 10.6 Å². The fraction of sp³-hybridized carbons (Fsp3) is 0.333. The molecular formula is C30H34N4. The third kappa shape index (κ3) is 5.93. The van der Waals surface area contributed by atoms with E-state index in [0.29, 0.717) is 0 Å². The lowest BCUT2D eigenvalue weighted by Crippen LogP contribution is -2.30. The highest BCUT2D eigenvalue weighted by Crippen LogP contribution is 2.15. The van der Waals surface area contributed by atoms with Crippen LogP contribution in [0.4, 0.5) is 0 Å². The van der Waals surface area contributed by atoms with E-state index in [1.807, 2.05) is 0 Å². The summed E-state index contributed by atoms with van der Waals surface area (Å²) in [6, 6.07) is 26.9. The van der Waals surface area contributed by atoms with Crippen molar-refractivity contribution in [2.75, 3.05) is 26.2 Å². The molecule has 3 aromatic carbocycles. The smallest absolute Gasteiger partial charge is 0.128 e. The highest BCUT2D eigenvalue weighted by Gasteiger charge is 2.08. The van der Waals surface area contributed by atoms with Gasteiger partial charge in [0, 0.05) is 37.3 Å². The monoisotopic (exact) mass is 450 g/mol. The number of rotatable bonds is 8. The third-order valence-electron chi connectivity index (χ3n) is 6.65. The summed E-state index contributed by atoms with van der Waals surface area (Å²) in [6.07, 6.45) is 6.50. The van der Waals surface area contributed by atoms with Crippen molar-refractivity contribution in [1.82, 2.24) is 10.6 Å². The van der Waals surface area contributed by atoms with E-state index < -0.39 is 0 Å². The number of nitrogens with one attached hydrogen (secondary N) is 2. The van der Waals surface area contributed by atoms with Gasteiger partial charge in [-0.05, 0) is 60.8 Å². The molecule has 0 spiro atoms. The van der Waals surface area contributed by atoms with Gasteiger partial charge in [-0.15, -0.1) is 0 Å². The molecule has 0 amide bonds. The second kappa shape index (κ2) is 11.1. The van der Waals surface area contributed by atoms with E-state index in [-0.39, 0.29) is 0 Å². The maximum absolute atomic E-state index is 4.60. The standard InChI is InChI=1S/C30H34N4/c1-4-25(8-6-23-10-14-27(15-11-23)29-31-18-2-19-32-29)22-26(5-1)9-7-24-12-16-28(17-13-24)30-33-20-3-21-34-30/h1,4-5,10-17,22H,2-3,6-9,18-21H2,(H,31,32)(H,33,34). The first-order chi connectivity index (χ1) is 16.8. The van der Waals surface area contributed by atoms with Gasteiger partial charge in [0.1, 0.15) is 11.7 Å². The predicted molar refractivity (Wildman–Crippen MR) is 142 cm³/mol. The molecule has 0 atom stereocenters. The van der Waals surface area contributed by atoms with Crippen LogP contribution in [0.25, 0.3) is 0 Å². The molecule has 0 saturated heterocycles. The van der Waals surface area contributed by atoms with Gasteiger partial charge in [-0.1, -0.05) is 72.8 Å². The van der Waals surface area contributed by atoms with Crippen molar-refractivity contribution in [1.29, 1.82) is 0 Å². The Morgan fingerprint density at radius 1 is 0.529 bits per heavy atom. The van der Waals surface area contributed by atoms with Gasteiger partial charge in [-0.2, -0.15) is 0 Å². The number of nitrogens with zero attached hydrogens (tertiary/aromatic N) is 2. The average Bonchev–Trinajstić information content (AvgIpc) is 2.93. The Bertz CT molecular complexity index is 1050. The van der Waals surface area contributed by atoms with E-state index >= 15 is 0 Å². The van der Waals surface area contributed by atoms with Crippen molar-refractivity contribution >= 4 is 11.7 Å². The molecule has 0 unspecified atom stereocenters. The Labute approximate surface area is 203 Å². The van der Waals surface area contributed by atoms with E-state index in [1.54, 1.807) is 0 Å². The highest BCUT2D eigenvalue weighted by atomic mass is 15.0. The minimum absolute atomic E-state index is 0.930. The van der Waals surface area contributed by atoms with Crippen LogP contribution in [0.15, 0.2) is 82.8 Å². The second-order valence-electron chi connectivity index (χ2n) is 9.24. The highest BCUT2D eigenvalue weighted by molar-refractivity contribution is 5.99. The first-order valence-corrected chi connectivity index (χ1v) is 12.7. The molecule has 0 aromatic heterocycles. The summed E-state index contributed by atoms with van der Waals surface area (Å²) in [7, 11) is 0. The first-order valence-electron chi connectivity index (χ1n) is 12.7. The fourth-order valence-corrected chi connectivity index (χ4v) is 4.63. The Morgan fingerprint density at radius 2 is 0.971 bits per heavy atom. The van der Waals surface area contributed by atoms with Crippen LogP contribution in [0, 0.1) is 0 Å². The van der Waals surface area contributed by atoms with Crippen LogP contribution in [0.5, 0.6) is 0 Å². The van der Waals surface area contributed by atoms with Crippen molar-refractivity contribution in [2.24, 2.45) is 9.98 Å². The SMILES string of the molecule is c1cc(CCc2ccc(C3=NCCCN3)cc2)cc(CCc2ccc(C3=NCCCN3)cc2)c1. The first kappa shape index (κ1) is 22.4. The van der Waals surface area contributed by atoms with E-state index in [1.165, 1.54) is 33.4 Å². The Hall–Kier alpha value is -3.40. The summed E-state index contributed by atoms with van der Waals surface area (Å²) in [5.41, 5.74) is 7.97. The van der Waals surface area contributed by atoms with E-state index in [2.05, 4.69) is 93.4 Å². The topological polar surface area (TPSA) is 48.8 Å². The molecule has 3 aromatic rings. The predicted octanol–water partition coefficient (Wildman–Crippen LogP) is 4.74. The van der Waals surface area contributed by atoms with Crippen LogP contribution in [0.1, 0.15) is 46.2 Å². The van der Waals surface area contributed by atoms with Gasteiger partial charge in [-0.3, -0.25) is 9.98 Å². The van der Waals surface area contributed by atoms with Gasteiger partial charge in [0.25, 0.3) is 0 Å². The molecule has 34 heavy (non-hydrogen) atoms. The zero-order valence-corrected chi connectivity index (χ0v) is 19.9. The van der Waals surface area contributed by atoms with Gasteiger partial charge in [0.15, 0.2) is 0 Å². The molecule has 0 bridgehead atoms. The molecule has 174 valence electrons. The molecule has 0 saturated carbocycles. The Kier molecular flexibility index (Phi) is 7.34. The van der Waals surface area contributed by atoms with Crippen molar-refractivity contribution < 1.29 is 0 Å². The molecule has 0 aliphatic carbocycles. The zero-order chi connectivity index (χ0) is 23.0. The van der Waals surface area contributed by atoms with Crippen molar-refractivity contribution in [2.45, 2.75) is 38.5 Å². The summed E-state index contributed by atoms with van der Waals surface area (Å²) in [5, 5.41) is 6.80. The third-order valence-corrected chi connectivity index (χ3v) is 6.65. The molecule has 0 fully saturated rings. The Morgan fingerprint density at radius 3 is 1.38 bits per heavy atom. The average molecular weight is 451 g/mol. The largest absolute Gasteiger partial charge is 0.370 e. The lowest BCUT2D eigenvalue weighted by molar-refractivity contribution is 0.742. The number of benzene rings is 3. The second-order valence-corrected chi connectivity index (χ2v) is 9.24. The molecule has 2 aliphatic rings. The lowest BCUT2D eigenvalue weighted by atomic mass is 9.98.